The summed E-state index contributed by atoms with van der Waals surface area (Å²) in [6.07, 6.45) is 1.24. The molecule has 0 spiro atoms. The molecule has 0 aromatic heterocycles. The third-order valence-corrected chi connectivity index (χ3v) is 4.62. The van der Waals surface area contributed by atoms with Crippen LogP contribution in [-0.2, 0) is 16.1 Å². The lowest BCUT2D eigenvalue weighted by molar-refractivity contribution is -0.144. The van der Waals surface area contributed by atoms with Gasteiger partial charge in [-0.2, -0.15) is 0 Å². The molecule has 162 valence electrons. The van der Waals surface area contributed by atoms with Crippen LogP contribution in [0.1, 0.15) is 25.3 Å². The lowest BCUT2D eigenvalue weighted by Gasteiger charge is -2.15. The number of hydrogen-bond acceptors (Lipinski definition) is 5. The van der Waals surface area contributed by atoms with Crippen LogP contribution in [0.25, 0.3) is 0 Å². The average Bonchev–Trinajstić information content (AvgIpc) is 2.80. The molecule has 31 heavy (non-hydrogen) atoms. The zero-order valence-corrected chi connectivity index (χ0v) is 17.8. The van der Waals surface area contributed by atoms with Crippen molar-refractivity contribution in [1.29, 1.82) is 0 Å². The van der Waals surface area contributed by atoms with Crippen molar-refractivity contribution in [2.45, 2.75) is 32.5 Å². The van der Waals surface area contributed by atoms with Crippen LogP contribution in [0.15, 0.2) is 84.9 Å². The van der Waals surface area contributed by atoms with Crippen molar-refractivity contribution in [3.8, 4) is 17.2 Å². The molecule has 3 aromatic carbocycles. The summed E-state index contributed by atoms with van der Waals surface area (Å²) < 4.78 is 17.0. The summed E-state index contributed by atoms with van der Waals surface area (Å²) in [5, 5.41) is 3.27. The van der Waals surface area contributed by atoms with Gasteiger partial charge in [-0.25, -0.2) is 0 Å². The molecule has 3 aromatic rings. The fourth-order valence-electron chi connectivity index (χ4n) is 2.93. The lowest BCUT2D eigenvalue weighted by Crippen LogP contribution is -2.24. The second-order valence-corrected chi connectivity index (χ2v) is 7.25. The number of benzene rings is 3. The monoisotopic (exact) mass is 419 g/mol. The zero-order valence-electron chi connectivity index (χ0n) is 17.8. The number of carbonyl (C=O) groups excluding carboxylic acids is 1. The molecule has 0 saturated heterocycles. The third kappa shape index (κ3) is 8.52. The fraction of sp³-hybridized carbons (Fsp3) is 0.269. The van der Waals surface area contributed by atoms with E-state index in [9.17, 15) is 4.79 Å². The van der Waals surface area contributed by atoms with Crippen LogP contribution >= 0.6 is 0 Å². The molecule has 5 heteroatoms. The van der Waals surface area contributed by atoms with Crippen molar-refractivity contribution >= 4 is 5.97 Å². The van der Waals surface area contributed by atoms with Gasteiger partial charge in [-0.3, -0.25) is 4.79 Å². The van der Waals surface area contributed by atoms with Crippen molar-refractivity contribution in [3.63, 3.8) is 0 Å². The first-order valence-electron chi connectivity index (χ1n) is 10.6. The molecule has 1 N–H and O–H groups in total. The van der Waals surface area contributed by atoms with E-state index in [1.807, 2.05) is 91.9 Å². The molecule has 0 aliphatic carbocycles. The maximum absolute atomic E-state index is 11.8. The molecular formula is C26H29NO4. The van der Waals surface area contributed by atoms with Crippen molar-refractivity contribution in [2.24, 2.45) is 0 Å². The predicted molar refractivity (Wildman–Crippen MR) is 121 cm³/mol. The molecular weight excluding hydrogens is 390 g/mol. The van der Waals surface area contributed by atoms with Crippen LogP contribution in [0.2, 0.25) is 0 Å². The highest BCUT2D eigenvalue weighted by atomic mass is 16.5. The number of esters is 1. The summed E-state index contributed by atoms with van der Waals surface area (Å²) in [6, 6.07) is 27.0. The summed E-state index contributed by atoms with van der Waals surface area (Å²) in [7, 11) is 0. The van der Waals surface area contributed by atoms with Crippen molar-refractivity contribution < 1.29 is 19.0 Å². The molecule has 0 heterocycles. The van der Waals surface area contributed by atoms with E-state index < -0.39 is 0 Å². The predicted octanol–water partition coefficient (Wildman–Crippen LogP) is 5.36. The van der Waals surface area contributed by atoms with Gasteiger partial charge in [0.15, 0.2) is 0 Å². The first kappa shape index (κ1) is 22.4. The van der Waals surface area contributed by atoms with Crippen molar-refractivity contribution in [1.82, 2.24) is 5.32 Å². The summed E-state index contributed by atoms with van der Waals surface area (Å²) in [5.41, 5.74) is 0.995. The first-order valence-corrected chi connectivity index (χ1v) is 10.6. The standard InChI is InChI=1S/C26H29NO4/c1-21(16-18-27-19-17-26(28)29-20-22-8-4-2-5-9-22)30-24-12-14-25(15-13-24)31-23-10-6-3-7-11-23/h2-15,21,27H,16-20H2,1H3. The summed E-state index contributed by atoms with van der Waals surface area (Å²) in [5.74, 6) is 2.18. The molecule has 0 amide bonds. The quantitative estimate of drug-likeness (QED) is 0.316. The highest BCUT2D eigenvalue weighted by Gasteiger charge is 2.06. The van der Waals surface area contributed by atoms with Gasteiger partial charge in [0.25, 0.3) is 0 Å². The molecule has 0 fully saturated rings. The Bertz CT molecular complexity index is 898. The van der Waals surface area contributed by atoms with E-state index in [2.05, 4.69) is 5.32 Å². The topological polar surface area (TPSA) is 56.8 Å². The van der Waals surface area contributed by atoms with Gasteiger partial charge in [0.2, 0.25) is 0 Å². The molecule has 1 atom stereocenters. The van der Waals surface area contributed by atoms with Crippen molar-refractivity contribution in [2.75, 3.05) is 13.1 Å². The smallest absolute Gasteiger partial charge is 0.307 e. The molecule has 0 radical (unpaired) electrons. The minimum Gasteiger partial charge on any atom is -0.491 e. The normalized spacial score (nSPS) is 11.5. The van der Waals surface area contributed by atoms with E-state index in [0.717, 1.165) is 35.8 Å². The van der Waals surface area contributed by atoms with Gasteiger partial charge >= 0.3 is 5.97 Å². The SMILES string of the molecule is CC(CCNCCC(=O)OCc1ccccc1)Oc1ccc(Oc2ccccc2)cc1. The van der Waals surface area contributed by atoms with Gasteiger partial charge in [-0.05, 0) is 61.9 Å². The van der Waals surface area contributed by atoms with Crippen LogP contribution in [0, 0.1) is 0 Å². The average molecular weight is 420 g/mol. The Morgan fingerprint density at radius 1 is 0.806 bits per heavy atom. The number of hydrogen-bond donors (Lipinski definition) is 1. The maximum atomic E-state index is 11.8. The Morgan fingerprint density at radius 3 is 2.13 bits per heavy atom. The number of carbonyl (C=O) groups is 1. The molecule has 1 unspecified atom stereocenters. The van der Waals surface area contributed by atoms with Gasteiger partial charge in [-0.15, -0.1) is 0 Å². The molecule has 0 bridgehead atoms. The first-order chi connectivity index (χ1) is 15.2. The Balaban J connectivity index is 1.27. The molecule has 0 aliphatic heterocycles. The third-order valence-electron chi connectivity index (χ3n) is 4.62. The summed E-state index contributed by atoms with van der Waals surface area (Å²) in [6.45, 7) is 3.71. The molecule has 0 saturated carbocycles. The van der Waals surface area contributed by atoms with Gasteiger partial charge in [0, 0.05) is 6.54 Å². The summed E-state index contributed by atoms with van der Waals surface area (Å²) >= 11 is 0. The number of rotatable bonds is 12. The maximum Gasteiger partial charge on any atom is 0.307 e. The fourth-order valence-corrected chi connectivity index (χ4v) is 2.93. The van der Waals surface area contributed by atoms with Crippen LogP contribution in [0.5, 0.6) is 17.2 Å². The number of para-hydroxylation sites is 1. The van der Waals surface area contributed by atoms with E-state index in [1.165, 1.54) is 0 Å². The number of ether oxygens (including phenoxy) is 3. The summed E-state index contributed by atoms with van der Waals surface area (Å²) in [4.78, 5) is 11.8. The van der Waals surface area contributed by atoms with Crippen LogP contribution in [-0.4, -0.2) is 25.2 Å². The van der Waals surface area contributed by atoms with Crippen LogP contribution < -0.4 is 14.8 Å². The Morgan fingerprint density at radius 2 is 1.42 bits per heavy atom. The van der Waals surface area contributed by atoms with E-state index in [4.69, 9.17) is 14.2 Å². The van der Waals surface area contributed by atoms with E-state index in [1.54, 1.807) is 0 Å². The minimum atomic E-state index is -0.196. The van der Waals surface area contributed by atoms with Gasteiger partial charge in [-0.1, -0.05) is 48.5 Å². The largest absolute Gasteiger partial charge is 0.491 e. The Hall–Kier alpha value is -3.31. The zero-order chi connectivity index (χ0) is 21.7. The molecule has 5 nitrogen and oxygen atoms in total. The van der Waals surface area contributed by atoms with E-state index >= 15 is 0 Å². The highest BCUT2D eigenvalue weighted by molar-refractivity contribution is 5.69. The Labute approximate surface area is 184 Å². The van der Waals surface area contributed by atoms with Gasteiger partial charge in [0.05, 0.1) is 12.5 Å². The minimum absolute atomic E-state index is 0.0541. The lowest BCUT2D eigenvalue weighted by atomic mass is 10.2. The van der Waals surface area contributed by atoms with Crippen LogP contribution in [0.3, 0.4) is 0 Å². The van der Waals surface area contributed by atoms with Crippen LogP contribution in [0.4, 0.5) is 0 Å². The second kappa shape index (κ2) is 12.4. The highest BCUT2D eigenvalue weighted by Crippen LogP contribution is 2.24. The Kier molecular flexibility index (Phi) is 8.95. The van der Waals surface area contributed by atoms with Gasteiger partial charge < -0.3 is 19.5 Å². The second-order valence-electron chi connectivity index (χ2n) is 7.25. The van der Waals surface area contributed by atoms with Gasteiger partial charge in [0.1, 0.15) is 23.9 Å². The van der Waals surface area contributed by atoms with E-state index in [-0.39, 0.29) is 12.1 Å². The van der Waals surface area contributed by atoms with Crippen molar-refractivity contribution in [3.05, 3.63) is 90.5 Å². The molecule has 3 rings (SSSR count). The van der Waals surface area contributed by atoms with E-state index in [0.29, 0.717) is 19.6 Å². The molecule has 0 aliphatic rings. The number of nitrogens with one attached hydrogen (secondary N) is 1.